The van der Waals surface area contributed by atoms with Crippen LogP contribution in [0.25, 0.3) is 16.7 Å². The number of aryl methyl sites for hydroxylation is 4. The Morgan fingerprint density at radius 3 is 2.56 bits per heavy atom. The van der Waals surface area contributed by atoms with E-state index in [1.54, 1.807) is 44.8 Å². The summed E-state index contributed by atoms with van der Waals surface area (Å²) in [5, 5.41) is 3.53. The molecule has 2 aromatic carbocycles. The molecule has 1 amide bonds. The predicted octanol–water partition coefficient (Wildman–Crippen LogP) is 6.43. The third-order valence-corrected chi connectivity index (χ3v) is 6.60. The van der Waals surface area contributed by atoms with Crippen molar-refractivity contribution < 1.29 is 22.7 Å². The number of aromatic amines is 1. The molecule has 2 N–H and O–H groups in total. The monoisotopic (exact) mass is 533 g/mol. The molecule has 0 unspecified atom stereocenters. The van der Waals surface area contributed by atoms with Crippen LogP contribution in [0.15, 0.2) is 67.4 Å². The highest BCUT2D eigenvalue weighted by molar-refractivity contribution is 6.04. The zero-order chi connectivity index (χ0) is 27.7. The van der Waals surface area contributed by atoms with Crippen molar-refractivity contribution in [3.8, 4) is 11.4 Å². The number of hydrogen-bond donors (Lipinski definition) is 2. The van der Waals surface area contributed by atoms with Gasteiger partial charge in [0.2, 0.25) is 0 Å². The average Bonchev–Trinajstić information content (AvgIpc) is 3.56. The molecule has 0 aliphatic rings. The van der Waals surface area contributed by atoms with E-state index < -0.39 is 17.6 Å². The predicted molar refractivity (Wildman–Crippen MR) is 142 cm³/mol. The number of pyridine rings is 1. The Morgan fingerprint density at radius 1 is 1.05 bits per heavy atom. The molecular weight excluding hydrogens is 507 g/mol. The van der Waals surface area contributed by atoms with Crippen LogP contribution < -0.4 is 10.1 Å². The van der Waals surface area contributed by atoms with Gasteiger partial charge in [0.1, 0.15) is 11.4 Å². The van der Waals surface area contributed by atoms with Gasteiger partial charge in [0.05, 0.1) is 30.1 Å². The zero-order valence-corrected chi connectivity index (χ0v) is 21.6. The fourth-order valence-electron chi connectivity index (χ4n) is 4.56. The number of rotatable bonds is 7. The number of nitrogens with one attached hydrogen (secondary N) is 2. The van der Waals surface area contributed by atoms with E-state index >= 15 is 0 Å². The molecule has 3 heterocycles. The number of hydrogen-bond acceptors (Lipinski definition) is 4. The molecule has 0 fully saturated rings. The van der Waals surface area contributed by atoms with E-state index in [9.17, 15) is 18.0 Å². The van der Waals surface area contributed by atoms with Gasteiger partial charge in [-0.1, -0.05) is 6.07 Å². The molecule has 0 saturated carbocycles. The van der Waals surface area contributed by atoms with Gasteiger partial charge in [-0.2, -0.15) is 13.2 Å². The minimum absolute atomic E-state index is 0.0360. The van der Waals surface area contributed by atoms with Crippen molar-refractivity contribution in [2.24, 2.45) is 0 Å². The van der Waals surface area contributed by atoms with Crippen molar-refractivity contribution in [3.05, 3.63) is 101 Å². The quantitative estimate of drug-likeness (QED) is 0.253. The maximum Gasteiger partial charge on any atom is 0.416 e. The van der Waals surface area contributed by atoms with Crippen molar-refractivity contribution in [1.82, 2.24) is 19.5 Å². The first-order valence-corrected chi connectivity index (χ1v) is 12.3. The van der Waals surface area contributed by atoms with Crippen LogP contribution in [-0.4, -0.2) is 32.5 Å². The Kier molecular flexibility index (Phi) is 6.86. The number of alkyl halides is 3. The van der Waals surface area contributed by atoms with Gasteiger partial charge in [0.25, 0.3) is 5.91 Å². The van der Waals surface area contributed by atoms with Crippen LogP contribution in [0.3, 0.4) is 0 Å². The second-order valence-electron chi connectivity index (χ2n) is 9.34. The van der Waals surface area contributed by atoms with Crippen molar-refractivity contribution in [1.29, 1.82) is 0 Å². The summed E-state index contributed by atoms with van der Waals surface area (Å²) in [6.07, 6.45) is 3.30. The number of benzene rings is 2. The first-order chi connectivity index (χ1) is 18.6. The van der Waals surface area contributed by atoms with Crippen molar-refractivity contribution in [2.75, 3.05) is 12.4 Å². The summed E-state index contributed by atoms with van der Waals surface area (Å²) in [5.41, 5.74) is 4.03. The smallest absolute Gasteiger partial charge is 0.416 e. The normalized spacial score (nSPS) is 11.6. The fraction of sp³-hybridized carbons (Fsp3) is 0.207. The molecular formula is C29H26F3N5O2. The number of fused-ring (bicyclic) bond motifs is 1. The molecule has 0 bridgehead atoms. The van der Waals surface area contributed by atoms with Crippen LogP contribution in [0.2, 0.25) is 0 Å². The van der Waals surface area contributed by atoms with E-state index in [0.29, 0.717) is 24.1 Å². The largest absolute Gasteiger partial charge is 0.496 e. The Balaban J connectivity index is 1.39. The first-order valence-electron chi connectivity index (χ1n) is 12.3. The summed E-state index contributed by atoms with van der Waals surface area (Å²) in [6.45, 7) is 3.70. The molecule has 3 aromatic heterocycles. The average molecular weight is 534 g/mol. The molecule has 7 nitrogen and oxygen atoms in total. The van der Waals surface area contributed by atoms with Crippen LogP contribution in [-0.2, 0) is 19.0 Å². The Labute approximate surface area is 222 Å². The molecule has 0 aliphatic carbocycles. The highest BCUT2D eigenvalue weighted by atomic mass is 19.4. The molecule has 5 rings (SSSR count). The third-order valence-electron chi connectivity index (χ3n) is 6.60. The van der Waals surface area contributed by atoms with Crippen LogP contribution in [0.1, 0.15) is 38.3 Å². The Hall–Kier alpha value is -4.60. The van der Waals surface area contributed by atoms with E-state index in [4.69, 9.17) is 4.74 Å². The van der Waals surface area contributed by atoms with Gasteiger partial charge in [0, 0.05) is 41.1 Å². The summed E-state index contributed by atoms with van der Waals surface area (Å²) in [6, 6.07) is 10.6. The number of ether oxygens (including phenoxy) is 1. The Morgan fingerprint density at radius 2 is 1.85 bits per heavy atom. The summed E-state index contributed by atoms with van der Waals surface area (Å²) in [4.78, 5) is 24.7. The summed E-state index contributed by atoms with van der Waals surface area (Å²) in [5.74, 6) is 0.248. The van der Waals surface area contributed by atoms with Gasteiger partial charge in [0.15, 0.2) is 0 Å². The number of imidazole rings is 1. The summed E-state index contributed by atoms with van der Waals surface area (Å²) in [7, 11) is 1.62. The molecule has 0 saturated heterocycles. The van der Waals surface area contributed by atoms with Gasteiger partial charge in [-0.05, 0) is 74.2 Å². The van der Waals surface area contributed by atoms with Gasteiger partial charge in [-0.15, -0.1) is 0 Å². The molecule has 0 radical (unpaired) electrons. The maximum absolute atomic E-state index is 13.6. The van der Waals surface area contributed by atoms with E-state index in [0.717, 1.165) is 45.6 Å². The number of halogens is 3. The lowest BCUT2D eigenvalue weighted by Crippen LogP contribution is -2.14. The minimum Gasteiger partial charge on any atom is -0.496 e. The lowest BCUT2D eigenvalue weighted by atomic mass is 9.98. The lowest BCUT2D eigenvalue weighted by Gasteiger charge is -2.14. The van der Waals surface area contributed by atoms with Crippen molar-refractivity contribution >= 4 is 22.6 Å². The van der Waals surface area contributed by atoms with Gasteiger partial charge < -0.3 is 19.6 Å². The van der Waals surface area contributed by atoms with E-state index in [1.165, 1.54) is 17.0 Å². The molecule has 39 heavy (non-hydrogen) atoms. The first kappa shape index (κ1) is 26.0. The van der Waals surface area contributed by atoms with Gasteiger partial charge >= 0.3 is 6.18 Å². The SMILES string of the molecule is COc1c(CCc2cc(C(=O)Nc3cc(-n4cnc(C)c4)cc(C(F)(F)F)c3)ccc2C)cnc2[nH]ccc12. The number of H-pyrrole nitrogens is 1. The number of carbonyl (C=O) groups is 1. The van der Waals surface area contributed by atoms with Crippen LogP contribution in [0, 0.1) is 13.8 Å². The van der Waals surface area contributed by atoms with E-state index in [1.807, 2.05) is 19.1 Å². The topological polar surface area (TPSA) is 84.8 Å². The standard InChI is InChI=1S/C29H26F3N5O2/c1-17-4-5-20(10-19(17)6-7-21-14-34-27-25(8-9-33-27)26(21)39-3)28(38)36-23-11-22(29(30,31)32)12-24(13-23)37-15-18(2)35-16-37/h4-5,8-16H,6-7H2,1-3H3,(H,33,34)(H,36,38). The highest BCUT2D eigenvalue weighted by Gasteiger charge is 2.31. The van der Waals surface area contributed by atoms with Crippen molar-refractivity contribution in [2.45, 2.75) is 32.9 Å². The summed E-state index contributed by atoms with van der Waals surface area (Å²) >= 11 is 0. The lowest BCUT2D eigenvalue weighted by molar-refractivity contribution is -0.137. The number of carbonyl (C=O) groups excluding carboxylic acids is 1. The number of methoxy groups -OCH3 is 1. The Bertz CT molecular complexity index is 1670. The molecule has 0 aliphatic heterocycles. The second kappa shape index (κ2) is 10.3. The van der Waals surface area contributed by atoms with Gasteiger partial charge in [-0.3, -0.25) is 4.79 Å². The zero-order valence-electron chi connectivity index (χ0n) is 21.6. The van der Waals surface area contributed by atoms with Crippen LogP contribution >= 0.6 is 0 Å². The number of nitrogens with zero attached hydrogens (tertiary/aromatic N) is 3. The molecule has 5 aromatic rings. The van der Waals surface area contributed by atoms with Crippen LogP contribution in [0.4, 0.5) is 18.9 Å². The van der Waals surface area contributed by atoms with Crippen molar-refractivity contribution in [3.63, 3.8) is 0 Å². The summed E-state index contributed by atoms with van der Waals surface area (Å²) < 4.78 is 48.0. The number of aromatic nitrogens is 4. The van der Waals surface area contributed by atoms with Gasteiger partial charge in [-0.25, -0.2) is 9.97 Å². The van der Waals surface area contributed by atoms with E-state index in [-0.39, 0.29) is 11.4 Å². The molecule has 10 heteroatoms. The third kappa shape index (κ3) is 5.50. The number of anilines is 1. The molecule has 0 atom stereocenters. The molecule has 200 valence electrons. The second-order valence-corrected chi connectivity index (χ2v) is 9.34. The fourth-order valence-corrected chi connectivity index (χ4v) is 4.56. The molecule has 0 spiro atoms. The maximum atomic E-state index is 13.6. The number of amides is 1. The highest BCUT2D eigenvalue weighted by Crippen LogP contribution is 2.33. The van der Waals surface area contributed by atoms with E-state index in [2.05, 4.69) is 20.3 Å². The van der Waals surface area contributed by atoms with Crippen LogP contribution in [0.5, 0.6) is 5.75 Å². The minimum atomic E-state index is -4.58.